The molecule has 1 N–H and O–H groups in total. The summed E-state index contributed by atoms with van der Waals surface area (Å²) in [6, 6.07) is 10.8. The minimum Gasteiger partial charge on any atom is -0.497 e. The van der Waals surface area contributed by atoms with Gasteiger partial charge in [0.2, 0.25) is 0 Å². The van der Waals surface area contributed by atoms with Crippen LogP contribution in [0.5, 0.6) is 11.5 Å². The highest BCUT2D eigenvalue weighted by Gasteiger charge is 2.12. The summed E-state index contributed by atoms with van der Waals surface area (Å²) in [4.78, 5) is -0.0203. The first kappa shape index (κ1) is 18.3. The first-order valence-electron chi connectivity index (χ1n) is 7.65. The first-order valence-corrected chi connectivity index (χ1v) is 9.09. The standard InChI is InChI=1S/C10H12O2.C8H10O3S/c1-11-9-5-4-8-3-2-6-12-10(8)7-9;1-6-3-4-8(7(2)5-6)12(9,10)11/h4-5,7H,2-3,6H2,1H3;3-5H,1-2H3,(H,9,10,11). The van der Waals surface area contributed by atoms with E-state index in [0.717, 1.165) is 36.5 Å². The highest BCUT2D eigenvalue weighted by atomic mass is 32.2. The molecule has 0 spiro atoms. The Morgan fingerprint density at radius 2 is 1.88 bits per heavy atom. The van der Waals surface area contributed by atoms with Gasteiger partial charge >= 0.3 is 0 Å². The van der Waals surface area contributed by atoms with Gasteiger partial charge in [0.25, 0.3) is 10.1 Å². The largest absolute Gasteiger partial charge is 0.497 e. The Kier molecular flexibility index (Phi) is 5.85. The van der Waals surface area contributed by atoms with E-state index in [9.17, 15) is 8.42 Å². The molecule has 0 aliphatic carbocycles. The van der Waals surface area contributed by atoms with Crippen molar-refractivity contribution in [2.75, 3.05) is 13.7 Å². The van der Waals surface area contributed by atoms with Crippen molar-refractivity contribution in [2.45, 2.75) is 31.6 Å². The lowest BCUT2D eigenvalue weighted by molar-refractivity contribution is 0.286. The molecule has 3 rings (SSSR count). The Hall–Kier alpha value is -2.05. The summed E-state index contributed by atoms with van der Waals surface area (Å²) in [5.74, 6) is 1.86. The van der Waals surface area contributed by atoms with E-state index in [0.29, 0.717) is 5.56 Å². The van der Waals surface area contributed by atoms with Crippen LogP contribution in [0.4, 0.5) is 0 Å². The number of hydrogen-bond donors (Lipinski definition) is 1. The normalized spacial score (nSPS) is 13.2. The molecule has 5 nitrogen and oxygen atoms in total. The minimum atomic E-state index is -4.05. The second kappa shape index (κ2) is 7.68. The molecule has 130 valence electrons. The third kappa shape index (κ3) is 4.72. The van der Waals surface area contributed by atoms with E-state index in [1.165, 1.54) is 11.6 Å². The molecule has 0 saturated carbocycles. The van der Waals surface area contributed by atoms with E-state index >= 15 is 0 Å². The molecule has 0 radical (unpaired) electrons. The molecule has 1 aliphatic rings. The third-order valence-electron chi connectivity index (χ3n) is 3.73. The smallest absolute Gasteiger partial charge is 0.294 e. The fourth-order valence-electron chi connectivity index (χ4n) is 2.54. The molecule has 0 amide bonds. The number of aryl methyl sites for hydroxylation is 3. The Balaban J connectivity index is 0.000000174. The second-order valence-electron chi connectivity index (χ2n) is 5.67. The predicted octanol–water partition coefficient (Wildman–Crippen LogP) is 3.57. The Bertz CT molecular complexity index is 812. The Morgan fingerprint density at radius 3 is 2.50 bits per heavy atom. The highest BCUT2D eigenvalue weighted by Crippen LogP contribution is 2.28. The van der Waals surface area contributed by atoms with Crippen molar-refractivity contribution in [3.8, 4) is 11.5 Å². The number of fused-ring (bicyclic) bond motifs is 1. The van der Waals surface area contributed by atoms with Crippen LogP contribution in [0.15, 0.2) is 41.3 Å². The van der Waals surface area contributed by atoms with Crippen molar-refractivity contribution in [3.63, 3.8) is 0 Å². The fraction of sp³-hybridized carbons (Fsp3) is 0.333. The molecule has 0 bridgehead atoms. The number of hydrogen-bond acceptors (Lipinski definition) is 4. The van der Waals surface area contributed by atoms with Gasteiger partial charge < -0.3 is 9.47 Å². The summed E-state index contributed by atoms with van der Waals surface area (Å²) in [5.41, 5.74) is 2.83. The summed E-state index contributed by atoms with van der Waals surface area (Å²) in [6.07, 6.45) is 2.25. The number of methoxy groups -OCH3 is 1. The average molecular weight is 350 g/mol. The highest BCUT2D eigenvalue weighted by molar-refractivity contribution is 7.85. The van der Waals surface area contributed by atoms with Crippen molar-refractivity contribution >= 4 is 10.1 Å². The molecule has 0 atom stereocenters. The second-order valence-corrected chi connectivity index (χ2v) is 7.06. The molecule has 2 aromatic rings. The molecule has 1 heterocycles. The van der Waals surface area contributed by atoms with Gasteiger partial charge in [-0.05, 0) is 49.9 Å². The monoisotopic (exact) mass is 350 g/mol. The van der Waals surface area contributed by atoms with Gasteiger partial charge in [0.15, 0.2) is 0 Å². The van der Waals surface area contributed by atoms with E-state index in [1.54, 1.807) is 26.2 Å². The zero-order valence-corrected chi connectivity index (χ0v) is 14.9. The van der Waals surface area contributed by atoms with Crippen LogP contribution in [0.3, 0.4) is 0 Å². The van der Waals surface area contributed by atoms with Gasteiger partial charge in [0, 0.05) is 6.07 Å². The minimum absolute atomic E-state index is 0.0203. The lowest BCUT2D eigenvalue weighted by atomic mass is 10.1. The van der Waals surface area contributed by atoms with E-state index in [-0.39, 0.29) is 4.90 Å². The van der Waals surface area contributed by atoms with Crippen LogP contribution in [0.2, 0.25) is 0 Å². The van der Waals surface area contributed by atoms with Gasteiger partial charge in [0.05, 0.1) is 18.6 Å². The van der Waals surface area contributed by atoms with E-state index in [2.05, 4.69) is 6.07 Å². The van der Waals surface area contributed by atoms with E-state index in [4.69, 9.17) is 14.0 Å². The molecule has 24 heavy (non-hydrogen) atoms. The SMILES string of the molecule is COc1ccc2c(c1)OCCC2.Cc1ccc(S(=O)(=O)O)c(C)c1. The van der Waals surface area contributed by atoms with E-state index in [1.807, 2.05) is 19.1 Å². The maximum Gasteiger partial charge on any atom is 0.294 e. The number of benzene rings is 2. The van der Waals surface area contributed by atoms with Gasteiger partial charge in [0.1, 0.15) is 11.5 Å². The topological polar surface area (TPSA) is 72.8 Å². The first-order chi connectivity index (χ1) is 11.3. The number of ether oxygens (including phenoxy) is 2. The van der Waals surface area contributed by atoms with Gasteiger partial charge in [-0.3, -0.25) is 4.55 Å². The summed E-state index contributed by atoms with van der Waals surface area (Å²) in [7, 11) is -2.38. The van der Waals surface area contributed by atoms with Gasteiger partial charge in [-0.15, -0.1) is 0 Å². The molecule has 0 aromatic heterocycles. The van der Waals surface area contributed by atoms with Crippen LogP contribution in [-0.4, -0.2) is 26.7 Å². The molecule has 6 heteroatoms. The van der Waals surface area contributed by atoms with Crippen molar-refractivity contribution < 1.29 is 22.4 Å². The fourth-order valence-corrected chi connectivity index (χ4v) is 3.24. The summed E-state index contributed by atoms with van der Waals surface area (Å²) in [6.45, 7) is 4.34. The number of rotatable bonds is 2. The quantitative estimate of drug-likeness (QED) is 0.838. The van der Waals surface area contributed by atoms with Crippen LogP contribution in [0.1, 0.15) is 23.1 Å². The molecule has 0 unspecified atom stereocenters. The maximum absolute atomic E-state index is 10.7. The van der Waals surface area contributed by atoms with Crippen LogP contribution in [-0.2, 0) is 16.5 Å². The summed E-state index contributed by atoms with van der Waals surface area (Å²) < 4.78 is 40.8. The summed E-state index contributed by atoms with van der Waals surface area (Å²) >= 11 is 0. The van der Waals surface area contributed by atoms with Gasteiger partial charge in [-0.25, -0.2) is 0 Å². The molecule has 0 fully saturated rings. The van der Waals surface area contributed by atoms with E-state index < -0.39 is 10.1 Å². The Labute approximate surface area is 143 Å². The van der Waals surface area contributed by atoms with Crippen LogP contribution >= 0.6 is 0 Å². The Morgan fingerprint density at radius 1 is 1.12 bits per heavy atom. The molecular weight excluding hydrogens is 328 g/mol. The summed E-state index contributed by atoms with van der Waals surface area (Å²) in [5, 5.41) is 0. The van der Waals surface area contributed by atoms with Crippen LogP contribution in [0, 0.1) is 13.8 Å². The van der Waals surface area contributed by atoms with Crippen LogP contribution in [0.25, 0.3) is 0 Å². The molecule has 0 saturated heterocycles. The van der Waals surface area contributed by atoms with Crippen LogP contribution < -0.4 is 9.47 Å². The zero-order valence-electron chi connectivity index (χ0n) is 14.1. The average Bonchev–Trinajstić information content (AvgIpc) is 2.53. The van der Waals surface area contributed by atoms with Gasteiger partial charge in [-0.2, -0.15) is 8.42 Å². The predicted molar refractivity (Wildman–Crippen MR) is 92.5 cm³/mol. The zero-order chi connectivity index (χ0) is 17.7. The molecular formula is C18H22O5S. The third-order valence-corrected chi connectivity index (χ3v) is 4.74. The van der Waals surface area contributed by atoms with Crippen molar-refractivity contribution in [1.82, 2.24) is 0 Å². The molecule has 1 aliphatic heterocycles. The van der Waals surface area contributed by atoms with Crippen molar-refractivity contribution in [2.24, 2.45) is 0 Å². The maximum atomic E-state index is 10.7. The molecule has 2 aromatic carbocycles. The lowest BCUT2D eigenvalue weighted by Gasteiger charge is -2.17. The van der Waals surface area contributed by atoms with Crippen molar-refractivity contribution in [1.29, 1.82) is 0 Å². The van der Waals surface area contributed by atoms with Gasteiger partial charge in [-0.1, -0.05) is 23.8 Å². The van der Waals surface area contributed by atoms with Crippen molar-refractivity contribution in [3.05, 3.63) is 53.1 Å². The lowest BCUT2D eigenvalue weighted by Crippen LogP contribution is -2.07.